The molecule has 1 amide bonds. The summed E-state index contributed by atoms with van der Waals surface area (Å²) in [6, 6.07) is 5.27. The number of nitro groups is 1. The number of carbonyl (C=O) groups is 1. The second-order valence-corrected chi connectivity index (χ2v) is 2.24. The Morgan fingerprint density at radius 1 is 1.50 bits per heavy atom. The molecule has 0 aromatic heterocycles. The smallest absolute Gasteiger partial charge is 0.409 e. The summed E-state index contributed by atoms with van der Waals surface area (Å²) in [5.41, 5.74) is 0.0351. The second kappa shape index (κ2) is 4.75. The van der Waals surface area contributed by atoms with Gasteiger partial charge in [0.05, 0.1) is 10.6 Å². The average molecular weight is 202 g/mol. The minimum atomic E-state index is -1.25. The normalized spacial score (nSPS) is 8.57. The van der Waals surface area contributed by atoms with Crippen LogP contribution in [0.4, 0.5) is 20.9 Å². The molecule has 0 heterocycles. The maximum absolute atomic E-state index is 10.3. The van der Waals surface area contributed by atoms with E-state index in [1.54, 1.807) is 0 Å². The van der Waals surface area contributed by atoms with Gasteiger partial charge in [0, 0.05) is 12.1 Å². The highest BCUT2D eigenvalue weighted by molar-refractivity contribution is 5.83. The van der Waals surface area contributed by atoms with Gasteiger partial charge in [-0.2, -0.15) is 0 Å². The number of non-ortho nitro benzene ring substituents is 1. The van der Waals surface area contributed by atoms with E-state index in [1.807, 2.05) is 5.32 Å². The zero-order chi connectivity index (χ0) is 9.84. The van der Waals surface area contributed by atoms with Crippen LogP contribution in [0.2, 0.25) is 0 Å². The van der Waals surface area contributed by atoms with Gasteiger partial charge < -0.3 is 5.11 Å². The third-order valence-corrected chi connectivity index (χ3v) is 1.31. The summed E-state index contributed by atoms with van der Waals surface area (Å²) in [7, 11) is 0. The Morgan fingerprint density at radius 3 is 2.64 bits per heavy atom. The van der Waals surface area contributed by atoms with E-state index in [2.05, 4.69) is 0 Å². The molecule has 0 unspecified atom stereocenters. The first-order chi connectivity index (χ1) is 6.09. The summed E-state index contributed by atoms with van der Waals surface area (Å²) in [5.74, 6) is 0. The van der Waals surface area contributed by atoms with Gasteiger partial charge in [0.1, 0.15) is 0 Å². The van der Waals surface area contributed by atoms with Gasteiger partial charge in [0.15, 0.2) is 0 Å². The molecular weight excluding hydrogens is 195 g/mol. The van der Waals surface area contributed by atoms with Gasteiger partial charge >= 0.3 is 6.09 Å². The standard InChI is InChI=1S/C7H6N2O4.FH/c10-7(11)8-5-2-1-3-6(4-5)9(12)13;/h1-4,8H,(H,10,11);1H. The number of anilines is 1. The maximum atomic E-state index is 10.3. The number of nitrogens with zero attached hydrogens (tertiary/aromatic N) is 1. The quantitative estimate of drug-likeness (QED) is 0.565. The highest BCUT2D eigenvalue weighted by Gasteiger charge is 2.06. The molecule has 0 saturated heterocycles. The largest absolute Gasteiger partial charge is 0.465 e. The molecule has 0 radical (unpaired) electrons. The number of rotatable bonds is 2. The monoisotopic (exact) mass is 202 g/mol. The fraction of sp³-hybridized carbons (Fsp3) is 0. The van der Waals surface area contributed by atoms with Crippen LogP contribution in [0.5, 0.6) is 0 Å². The highest BCUT2D eigenvalue weighted by atomic mass is 19.0. The molecule has 0 saturated carbocycles. The van der Waals surface area contributed by atoms with Crippen LogP contribution in [0.25, 0.3) is 0 Å². The molecule has 0 atom stereocenters. The van der Waals surface area contributed by atoms with E-state index in [9.17, 15) is 14.9 Å². The zero-order valence-corrected chi connectivity index (χ0v) is 6.84. The van der Waals surface area contributed by atoms with Crippen molar-refractivity contribution in [2.75, 3.05) is 5.32 Å². The van der Waals surface area contributed by atoms with Crippen molar-refractivity contribution in [2.24, 2.45) is 0 Å². The molecule has 1 aromatic carbocycles. The van der Waals surface area contributed by atoms with Gasteiger partial charge in [-0.3, -0.25) is 20.1 Å². The lowest BCUT2D eigenvalue weighted by molar-refractivity contribution is -0.384. The molecule has 7 heteroatoms. The number of benzene rings is 1. The fourth-order valence-electron chi connectivity index (χ4n) is 0.821. The average Bonchev–Trinajstić information content (AvgIpc) is 2.03. The lowest BCUT2D eigenvalue weighted by Gasteiger charge is -1.98. The van der Waals surface area contributed by atoms with Crippen LogP contribution in [0.1, 0.15) is 0 Å². The molecule has 0 aliphatic carbocycles. The molecule has 0 aliphatic heterocycles. The number of carboxylic acid groups (broad SMARTS) is 1. The molecule has 0 aliphatic rings. The van der Waals surface area contributed by atoms with Crippen molar-refractivity contribution < 1.29 is 19.5 Å². The molecule has 1 rings (SSSR count). The van der Waals surface area contributed by atoms with E-state index in [-0.39, 0.29) is 16.1 Å². The molecule has 1 aromatic rings. The number of nitrogens with one attached hydrogen (secondary N) is 1. The molecule has 2 N–H and O–H groups in total. The maximum Gasteiger partial charge on any atom is 0.409 e. The van der Waals surface area contributed by atoms with Gasteiger partial charge in [0.25, 0.3) is 5.69 Å². The van der Waals surface area contributed by atoms with E-state index in [0.29, 0.717) is 0 Å². The Bertz CT molecular complexity index is 355. The van der Waals surface area contributed by atoms with Gasteiger partial charge in [-0.05, 0) is 6.07 Å². The SMILES string of the molecule is F.O=C(O)Nc1cccc([N+](=O)[O-])c1. The first-order valence-electron chi connectivity index (χ1n) is 3.34. The van der Waals surface area contributed by atoms with E-state index in [4.69, 9.17) is 5.11 Å². The molecular formula is C7H7FN2O4. The number of nitro benzene ring substituents is 1. The van der Waals surface area contributed by atoms with Crippen LogP contribution in [-0.2, 0) is 0 Å². The van der Waals surface area contributed by atoms with Crippen LogP contribution in [0.3, 0.4) is 0 Å². The van der Waals surface area contributed by atoms with Gasteiger partial charge in [-0.25, -0.2) is 4.79 Å². The number of amides is 1. The number of halogens is 1. The number of hydrogen-bond donors (Lipinski definition) is 2. The van der Waals surface area contributed by atoms with Crippen molar-refractivity contribution in [3.05, 3.63) is 34.4 Å². The molecule has 14 heavy (non-hydrogen) atoms. The molecule has 0 fully saturated rings. The second-order valence-electron chi connectivity index (χ2n) is 2.24. The summed E-state index contributed by atoms with van der Waals surface area (Å²) in [6.45, 7) is 0. The Kier molecular flexibility index (Phi) is 4.01. The van der Waals surface area contributed by atoms with Gasteiger partial charge in [-0.15, -0.1) is 0 Å². The molecule has 0 bridgehead atoms. The fourth-order valence-corrected chi connectivity index (χ4v) is 0.821. The third-order valence-electron chi connectivity index (χ3n) is 1.31. The first kappa shape index (κ1) is 11.8. The van der Waals surface area contributed by atoms with Crippen molar-refractivity contribution in [2.45, 2.75) is 0 Å². The Labute approximate surface area is 77.7 Å². The van der Waals surface area contributed by atoms with Crippen molar-refractivity contribution in [3.63, 3.8) is 0 Å². The minimum absolute atomic E-state index is 0. The summed E-state index contributed by atoms with van der Waals surface area (Å²) in [4.78, 5) is 19.8. The Morgan fingerprint density at radius 2 is 2.14 bits per heavy atom. The lowest BCUT2D eigenvalue weighted by atomic mass is 10.3. The van der Waals surface area contributed by atoms with E-state index < -0.39 is 11.0 Å². The van der Waals surface area contributed by atoms with Crippen molar-refractivity contribution >= 4 is 17.5 Å². The predicted octanol–water partition coefficient (Wildman–Crippen LogP) is 1.84. The summed E-state index contributed by atoms with van der Waals surface area (Å²) >= 11 is 0. The van der Waals surface area contributed by atoms with E-state index >= 15 is 0 Å². The zero-order valence-electron chi connectivity index (χ0n) is 6.84. The molecule has 0 spiro atoms. The van der Waals surface area contributed by atoms with Gasteiger partial charge in [0.2, 0.25) is 0 Å². The summed E-state index contributed by atoms with van der Waals surface area (Å²) in [6.07, 6.45) is -1.25. The molecule has 76 valence electrons. The highest BCUT2D eigenvalue weighted by Crippen LogP contribution is 2.16. The van der Waals surface area contributed by atoms with E-state index in [0.717, 1.165) is 6.07 Å². The van der Waals surface area contributed by atoms with Crippen LogP contribution in [0, 0.1) is 10.1 Å². The topological polar surface area (TPSA) is 92.5 Å². The van der Waals surface area contributed by atoms with Crippen molar-refractivity contribution in [1.82, 2.24) is 0 Å². The lowest BCUT2D eigenvalue weighted by Crippen LogP contribution is -2.07. The summed E-state index contributed by atoms with van der Waals surface area (Å²) in [5, 5.41) is 20.6. The Hall–Kier alpha value is -2.18. The van der Waals surface area contributed by atoms with Crippen LogP contribution in [-0.4, -0.2) is 16.1 Å². The van der Waals surface area contributed by atoms with E-state index in [1.165, 1.54) is 18.2 Å². The molecule has 6 nitrogen and oxygen atoms in total. The minimum Gasteiger partial charge on any atom is -0.465 e. The van der Waals surface area contributed by atoms with Gasteiger partial charge in [-0.1, -0.05) is 6.07 Å². The Balaban J connectivity index is 0.00000169. The van der Waals surface area contributed by atoms with Crippen LogP contribution < -0.4 is 5.32 Å². The number of hydrogen-bond acceptors (Lipinski definition) is 3. The van der Waals surface area contributed by atoms with Crippen LogP contribution >= 0.6 is 0 Å². The summed E-state index contributed by atoms with van der Waals surface area (Å²) < 4.78 is 0. The predicted molar refractivity (Wildman–Crippen MR) is 47.2 cm³/mol. The van der Waals surface area contributed by atoms with Crippen LogP contribution in [0.15, 0.2) is 24.3 Å². The third kappa shape index (κ3) is 3.05. The first-order valence-corrected chi connectivity index (χ1v) is 3.34. The van der Waals surface area contributed by atoms with Crippen molar-refractivity contribution in [1.29, 1.82) is 0 Å². The van der Waals surface area contributed by atoms with Crippen molar-refractivity contribution in [3.8, 4) is 0 Å².